The van der Waals surface area contributed by atoms with Crippen molar-refractivity contribution < 1.29 is 31.5 Å². The summed E-state index contributed by atoms with van der Waals surface area (Å²) in [6, 6.07) is 16.2. The highest BCUT2D eigenvalue weighted by atomic mass is 32.2. The molecule has 2 N–H and O–H groups in total. The van der Waals surface area contributed by atoms with Gasteiger partial charge >= 0.3 is 6.29 Å². The van der Waals surface area contributed by atoms with Crippen molar-refractivity contribution in [3.05, 3.63) is 83.2 Å². The van der Waals surface area contributed by atoms with Gasteiger partial charge in [0.1, 0.15) is 5.82 Å². The minimum atomic E-state index is -3.70. The summed E-state index contributed by atoms with van der Waals surface area (Å²) in [6.45, 7) is 0.472. The van der Waals surface area contributed by atoms with Crippen molar-refractivity contribution in [3.8, 4) is 11.5 Å². The number of nitrogens with zero attached hydrogens (tertiary/aromatic N) is 2. The van der Waals surface area contributed by atoms with E-state index in [0.29, 0.717) is 16.6 Å². The highest BCUT2D eigenvalue weighted by molar-refractivity contribution is 7.89. The van der Waals surface area contributed by atoms with Crippen LogP contribution in [0.15, 0.2) is 65.6 Å². The second-order valence-corrected chi connectivity index (χ2v) is 11.4. The first-order valence-electron chi connectivity index (χ1n) is 12.3. The summed E-state index contributed by atoms with van der Waals surface area (Å²) in [5.41, 5.74) is 3.10. The highest BCUT2D eigenvalue weighted by Crippen LogP contribution is 2.45. The predicted molar refractivity (Wildman–Crippen MR) is 137 cm³/mol. The Bertz CT molecular complexity index is 1700. The fourth-order valence-corrected chi connectivity index (χ4v) is 5.35. The summed E-state index contributed by atoms with van der Waals surface area (Å²) in [5, 5.41) is 2.84. The first kappa shape index (κ1) is 25.3. The molecule has 0 unspecified atom stereocenters. The van der Waals surface area contributed by atoms with E-state index in [2.05, 4.69) is 14.8 Å². The standard InChI is InChI=1S/C27H24F2N4O5S/c1-30-39(35,36)20-10-5-16(6-11-20)14-31-26(34)18-9-12-22-21(13-18)32-25(17-7-8-17)33(22)15-19-3-2-4-23-24(19)38-27(28,29)37-23/h2-6,9-13,17,30H,7-8,14-15H2,1H3,(H,31,34). The van der Waals surface area contributed by atoms with Gasteiger partial charge in [-0.1, -0.05) is 24.3 Å². The number of alkyl halides is 2. The van der Waals surface area contributed by atoms with Crippen molar-refractivity contribution in [2.24, 2.45) is 0 Å². The zero-order valence-corrected chi connectivity index (χ0v) is 21.6. The number of carbonyl (C=O) groups excluding carboxylic acids is 1. The van der Waals surface area contributed by atoms with Gasteiger partial charge < -0.3 is 19.4 Å². The molecule has 1 fully saturated rings. The number of fused-ring (bicyclic) bond motifs is 2. The molecule has 1 saturated carbocycles. The maximum Gasteiger partial charge on any atom is 0.586 e. The van der Waals surface area contributed by atoms with Gasteiger partial charge in [-0.25, -0.2) is 18.1 Å². The molecule has 0 spiro atoms. The third kappa shape index (κ3) is 4.92. The van der Waals surface area contributed by atoms with E-state index in [1.54, 1.807) is 42.5 Å². The largest absolute Gasteiger partial charge is 0.586 e. The van der Waals surface area contributed by atoms with E-state index in [4.69, 9.17) is 9.72 Å². The Balaban J connectivity index is 1.23. The number of sulfonamides is 1. The van der Waals surface area contributed by atoms with Crippen LogP contribution in [0.3, 0.4) is 0 Å². The molecule has 1 aliphatic heterocycles. The Morgan fingerprint density at radius 2 is 1.87 bits per heavy atom. The van der Waals surface area contributed by atoms with Crippen LogP contribution < -0.4 is 19.5 Å². The minimum Gasteiger partial charge on any atom is -0.395 e. The number of para-hydroxylation sites is 1. The zero-order valence-electron chi connectivity index (χ0n) is 20.8. The van der Waals surface area contributed by atoms with E-state index in [1.807, 2.05) is 4.57 Å². The minimum absolute atomic E-state index is 0.00727. The maximum absolute atomic E-state index is 13.7. The molecule has 9 nitrogen and oxygen atoms in total. The number of aromatic nitrogens is 2. The van der Waals surface area contributed by atoms with Crippen LogP contribution in [0.5, 0.6) is 11.5 Å². The third-order valence-electron chi connectivity index (χ3n) is 6.78. The van der Waals surface area contributed by atoms with E-state index in [-0.39, 0.29) is 41.3 Å². The molecule has 1 aromatic heterocycles. The predicted octanol–water partition coefficient (Wildman–Crippen LogP) is 4.12. The van der Waals surface area contributed by atoms with Gasteiger partial charge in [0.2, 0.25) is 10.0 Å². The summed E-state index contributed by atoms with van der Waals surface area (Å²) in [6.07, 6.45) is -1.74. The molecule has 2 aliphatic rings. The van der Waals surface area contributed by atoms with Crippen LogP contribution in [0.4, 0.5) is 8.78 Å². The number of hydrogen-bond donors (Lipinski definition) is 2. The van der Waals surface area contributed by atoms with Crippen molar-refractivity contribution in [1.82, 2.24) is 19.6 Å². The Morgan fingerprint density at radius 1 is 1.10 bits per heavy atom. The van der Waals surface area contributed by atoms with Crippen LogP contribution in [0.25, 0.3) is 11.0 Å². The fraction of sp³-hybridized carbons (Fsp3) is 0.259. The normalized spacial score (nSPS) is 16.0. The summed E-state index contributed by atoms with van der Waals surface area (Å²) in [4.78, 5) is 17.8. The van der Waals surface area contributed by atoms with Crippen molar-refractivity contribution in [2.75, 3.05) is 7.05 Å². The summed E-state index contributed by atoms with van der Waals surface area (Å²) >= 11 is 0. The van der Waals surface area contributed by atoms with E-state index in [9.17, 15) is 22.0 Å². The quantitative estimate of drug-likeness (QED) is 0.339. The summed E-state index contributed by atoms with van der Waals surface area (Å²) in [7, 11) is -2.19. The lowest BCUT2D eigenvalue weighted by molar-refractivity contribution is -0.286. The molecule has 3 aromatic carbocycles. The molecular weight excluding hydrogens is 530 g/mol. The monoisotopic (exact) mass is 554 g/mol. The summed E-state index contributed by atoms with van der Waals surface area (Å²) in [5.74, 6) is 0.799. The molecule has 39 heavy (non-hydrogen) atoms. The molecule has 0 saturated heterocycles. The van der Waals surface area contributed by atoms with Gasteiger partial charge in [0.15, 0.2) is 11.5 Å². The molecule has 6 rings (SSSR count). The van der Waals surface area contributed by atoms with Gasteiger partial charge in [-0.15, -0.1) is 8.78 Å². The number of halogens is 2. The third-order valence-corrected chi connectivity index (χ3v) is 8.21. The SMILES string of the molecule is CNS(=O)(=O)c1ccc(CNC(=O)c2ccc3c(c2)nc(C2CC2)n3Cc2cccc3c2OC(F)(F)O3)cc1. The van der Waals surface area contributed by atoms with Gasteiger partial charge in [-0.2, -0.15) is 0 Å². The Kier molecular flexibility index (Phi) is 6.03. The zero-order chi connectivity index (χ0) is 27.4. The fourth-order valence-electron chi connectivity index (χ4n) is 4.62. The van der Waals surface area contributed by atoms with Crippen molar-refractivity contribution in [3.63, 3.8) is 0 Å². The Labute approximate surface area is 222 Å². The number of rotatable bonds is 8. The number of imidazole rings is 1. The van der Waals surface area contributed by atoms with Gasteiger partial charge in [0.25, 0.3) is 5.91 Å². The summed E-state index contributed by atoms with van der Waals surface area (Å²) < 4.78 is 64.8. The van der Waals surface area contributed by atoms with Gasteiger partial charge in [0.05, 0.1) is 22.5 Å². The molecule has 0 bridgehead atoms. The number of benzene rings is 3. The van der Waals surface area contributed by atoms with Gasteiger partial charge in [-0.3, -0.25) is 4.79 Å². The molecule has 1 aliphatic carbocycles. The lowest BCUT2D eigenvalue weighted by Gasteiger charge is -2.12. The smallest absolute Gasteiger partial charge is 0.395 e. The molecule has 4 aromatic rings. The lowest BCUT2D eigenvalue weighted by atomic mass is 10.1. The van der Waals surface area contributed by atoms with Crippen LogP contribution in [0.2, 0.25) is 0 Å². The second-order valence-electron chi connectivity index (χ2n) is 9.48. The van der Waals surface area contributed by atoms with Crippen molar-refractivity contribution >= 4 is 27.0 Å². The lowest BCUT2D eigenvalue weighted by Crippen LogP contribution is -2.26. The molecular formula is C27H24F2N4O5S. The molecule has 202 valence electrons. The van der Waals surface area contributed by atoms with Crippen LogP contribution in [0.1, 0.15) is 46.1 Å². The molecule has 1 amide bonds. The number of carbonyl (C=O) groups is 1. The van der Waals surface area contributed by atoms with E-state index in [0.717, 1.165) is 29.7 Å². The van der Waals surface area contributed by atoms with Crippen LogP contribution in [-0.4, -0.2) is 37.2 Å². The highest BCUT2D eigenvalue weighted by Gasteiger charge is 2.44. The first-order valence-corrected chi connectivity index (χ1v) is 13.8. The van der Waals surface area contributed by atoms with E-state index >= 15 is 0 Å². The topological polar surface area (TPSA) is 112 Å². The van der Waals surface area contributed by atoms with Crippen LogP contribution >= 0.6 is 0 Å². The average Bonchev–Trinajstić information content (AvgIpc) is 3.63. The van der Waals surface area contributed by atoms with Crippen LogP contribution in [-0.2, 0) is 23.1 Å². The Hall–Kier alpha value is -4.03. The van der Waals surface area contributed by atoms with Crippen molar-refractivity contribution in [1.29, 1.82) is 0 Å². The average molecular weight is 555 g/mol. The van der Waals surface area contributed by atoms with Crippen LogP contribution in [0, 0.1) is 0 Å². The molecule has 2 heterocycles. The first-order chi connectivity index (χ1) is 18.6. The van der Waals surface area contributed by atoms with Gasteiger partial charge in [-0.05, 0) is 61.9 Å². The number of amides is 1. The van der Waals surface area contributed by atoms with Crippen molar-refractivity contribution in [2.45, 2.75) is 43.0 Å². The number of hydrogen-bond acceptors (Lipinski definition) is 6. The number of ether oxygens (including phenoxy) is 2. The molecule has 12 heteroatoms. The van der Waals surface area contributed by atoms with E-state index in [1.165, 1.54) is 25.2 Å². The second kappa shape index (κ2) is 9.31. The van der Waals surface area contributed by atoms with E-state index < -0.39 is 16.3 Å². The number of nitrogens with one attached hydrogen (secondary N) is 2. The maximum atomic E-state index is 13.7. The Morgan fingerprint density at radius 3 is 2.59 bits per heavy atom. The van der Waals surface area contributed by atoms with Gasteiger partial charge in [0, 0.05) is 23.6 Å². The molecule has 0 atom stereocenters. The molecule has 0 radical (unpaired) electrons.